The SMILES string of the molecule is COC(=O)[C@H]1[C@@H](C)C(=O)CC2CCCC[C@@]21[N+](=O)[O-]. The normalized spacial score (nSPS) is 38.4. The minimum atomic E-state index is -1.31. The fourth-order valence-electron chi connectivity index (χ4n) is 3.88. The highest BCUT2D eigenvalue weighted by Gasteiger charge is 2.65. The average Bonchev–Trinajstić information content (AvgIpc) is 2.39. The number of hydrogen-bond acceptors (Lipinski definition) is 5. The van der Waals surface area contributed by atoms with Crippen molar-refractivity contribution in [2.24, 2.45) is 17.8 Å². The van der Waals surface area contributed by atoms with Crippen molar-refractivity contribution in [2.75, 3.05) is 7.11 Å². The molecule has 0 aromatic heterocycles. The van der Waals surface area contributed by atoms with Crippen LogP contribution in [-0.4, -0.2) is 29.3 Å². The molecule has 0 saturated heterocycles. The Hall–Kier alpha value is -1.46. The van der Waals surface area contributed by atoms with E-state index in [4.69, 9.17) is 4.74 Å². The fourth-order valence-corrected chi connectivity index (χ4v) is 3.88. The molecule has 0 N–H and O–H groups in total. The third-order valence-electron chi connectivity index (χ3n) is 4.88. The summed E-state index contributed by atoms with van der Waals surface area (Å²) in [6, 6.07) is 0. The molecular formula is C13H19NO5. The van der Waals surface area contributed by atoms with Gasteiger partial charge in [0.25, 0.3) is 0 Å². The Morgan fingerprint density at radius 2 is 2.16 bits per heavy atom. The molecule has 0 aromatic carbocycles. The van der Waals surface area contributed by atoms with Gasteiger partial charge in [-0.05, 0) is 12.8 Å². The number of esters is 1. The molecule has 4 atom stereocenters. The van der Waals surface area contributed by atoms with Gasteiger partial charge < -0.3 is 4.74 Å². The molecule has 2 saturated carbocycles. The summed E-state index contributed by atoms with van der Waals surface area (Å²) in [7, 11) is 1.22. The summed E-state index contributed by atoms with van der Waals surface area (Å²) in [6.45, 7) is 1.61. The van der Waals surface area contributed by atoms with E-state index in [1.54, 1.807) is 6.92 Å². The van der Waals surface area contributed by atoms with E-state index in [9.17, 15) is 19.7 Å². The van der Waals surface area contributed by atoms with Crippen molar-refractivity contribution in [3.05, 3.63) is 10.1 Å². The first-order chi connectivity index (χ1) is 8.95. The van der Waals surface area contributed by atoms with Crippen LogP contribution >= 0.6 is 0 Å². The van der Waals surface area contributed by atoms with Gasteiger partial charge in [0, 0.05) is 29.6 Å². The van der Waals surface area contributed by atoms with Crippen molar-refractivity contribution in [2.45, 2.75) is 44.6 Å². The predicted molar refractivity (Wildman–Crippen MR) is 66.0 cm³/mol. The van der Waals surface area contributed by atoms with Crippen LogP contribution in [0.4, 0.5) is 0 Å². The quantitative estimate of drug-likeness (QED) is 0.431. The second-order valence-corrected chi connectivity index (χ2v) is 5.65. The summed E-state index contributed by atoms with van der Waals surface area (Å²) in [5, 5.41) is 11.7. The van der Waals surface area contributed by atoms with E-state index in [2.05, 4.69) is 0 Å². The molecule has 0 aromatic rings. The zero-order valence-electron chi connectivity index (χ0n) is 11.3. The lowest BCUT2D eigenvalue weighted by Crippen LogP contribution is -2.62. The summed E-state index contributed by atoms with van der Waals surface area (Å²) in [5.41, 5.74) is -1.31. The first-order valence-electron chi connectivity index (χ1n) is 6.70. The number of nitro groups is 1. The Labute approximate surface area is 111 Å². The standard InChI is InChI=1S/C13H19NO5/c1-8-10(15)7-9-5-3-4-6-13(9,14(17)18)11(8)12(16)19-2/h8-9,11H,3-7H2,1-2H3/t8-,9?,11+,13+/m0/s1. The summed E-state index contributed by atoms with van der Waals surface area (Å²) in [5.74, 6) is -2.58. The van der Waals surface area contributed by atoms with Crippen LogP contribution in [0.2, 0.25) is 0 Å². The van der Waals surface area contributed by atoms with Crippen LogP contribution < -0.4 is 0 Å². The van der Waals surface area contributed by atoms with E-state index in [0.29, 0.717) is 12.8 Å². The number of carbonyl (C=O) groups is 2. The van der Waals surface area contributed by atoms with Crippen molar-refractivity contribution in [1.82, 2.24) is 0 Å². The molecule has 0 bridgehead atoms. The number of nitrogens with zero attached hydrogens (tertiary/aromatic N) is 1. The number of Topliss-reactive ketones (excluding diaryl/α,β-unsaturated/α-hetero) is 1. The monoisotopic (exact) mass is 269 g/mol. The zero-order valence-corrected chi connectivity index (χ0v) is 11.3. The molecule has 0 spiro atoms. The van der Waals surface area contributed by atoms with Crippen LogP contribution in [0, 0.1) is 27.9 Å². The van der Waals surface area contributed by atoms with Gasteiger partial charge in [0.05, 0.1) is 7.11 Å². The number of rotatable bonds is 2. The third kappa shape index (κ3) is 1.93. The molecule has 1 unspecified atom stereocenters. The maximum Gasteiger partial charge on any atom is 0.316 e. The Kier molecular flexibility index (Phi) is 3.60. The zero-order chi connectivity index (χ0) is 14.2. The maximum atomic E-state index is 12.0. The molecule has 6 nitrogen and oxygen atoms in total. The lowest BCUT2D eigenvalue weighted by atomic mass is 9.56. The van der Waals surface area contributed by atoms with Gasteiger partial charge in [-0.15, -0.1) is 0 Å². The van der Waals surface area contributed by atoms with Gasteiger partial charge in [0.1, 0.15) is 11.7 Å². The van der Waals surface area contributed by atoms with Gasteiger partial charge in [-0.3, -0.25) is 19.7 Å². The molecule has 0 heterocycles. The molecule has 19 heavy (non-hydrogen) atoms. The largest absolute Gasteiger partial charge is 0.469 e. The number of hydrogen-bond donors (Lipinski definition) is 0. The van der Waals surface area contributed by atoms with Crippen LogP contribution in [-0.2, 0) is 14.3 Å². The molecule has 6 heteroatoms. The summed E-state index contributed by atoms with van der Waals surface area (Å²) < 4.78 is 4.74. The first-order valence-corrected chi connectivity index (χ1v) is 6.70. The molecule has 0 aliphatic heterocycles. The van der Waals surface area contributed by atoms with Gasteiger partial charge in [-0.25, -0.2) is 0 Å². The lowest BCUT2D eigenvalue weighted by molar-refractivity contribution is -0.596. The summed E-state index contributed by atoms with van der Waals surface area (Å²) in [4.78, 5) is 35.4. The minimum Gasteiger partial charge on any atom is -0.469 e. The predicted octanol–water partition coefficient (Wildman–Crippen LogP) is 1.59. The highest BCUT2D eigenvalue weighted by Crippen LogP contribution is 2.50. The average molecular weight is 269 g/mol. The molecule has 0 radical (unpaired) electrons. The molecule has 2 fully saturated rings. The molecule has 106 valence electrons. The van der Waals surface area contributed by atoms with Gasteiger partial charge in [0.15, 0.2) is 0 Å². The highest BCUT2D eigenvalue weighted by atomic mass is 16.6. The van der Waals surface area contributed by atoms with Gasteiger partial charge in [-0.2, -0.15) is 0 Å². The van der Waals surface area contributed by atoms with Crippen molar-refractivity contribution in [3.63, 3.8) is 0 Å². The smallest absolute Gasteiger partial charge is 0.316 e. The van der Waals surface area contributed by atoms with E-state index < -0.39 is 23.3 Å². The van der Waals surface area contributed by atoms with E-state index >= 15 is 0 Å². The van der Waals surface area contributed by atoms with Crippen LogP contribution in [0.15, 0.2) is 0 Å². The Morgan fingerprint density at radius 1 is 1.47 bits per heavy atom. The second-order valence-electron chi connectivity index (χ2n) is 5.65. The van der Waals surface area contributed by atoms with Gasteiger partial charge >= 0.3 is 5.97 Å². The minimum absolute atomic E-state index is 0.0558. The van der Waals surface area contributed by atoms with E-state index in [0.717, 1.165) is 12.8 Å². The molecule has 2 aliphatic carbocycles. The number of ether oxygens (including phenoxy) is 1. The Bertz CT molecular complexity index is 421. The summed E-state index contributed by atoms with van der Waals surface area (Å²) >= 11 is 0. The Morgan fingerprint density at radius 3 is 2.74 bits per heavy atom. The third-order valence-corrected chi connectivity index (χ3v) is 4.88. The fraction of sp³-hybridized carbons (Fsp3) is 0.846. The molecular weight excluding hydrogens is 250 g/mol. The van der Waals surface area contributed by atoms with Crippen LogP contribution in [0.5, 0.6) is 0 Å². The van der Waals surface area contributed by atoms with E-state index in [1.807, 2.05) is 0 Å². The first kappa shape index (κ1) is 14.0. The lowest BCUT2D eigenvalue weighted by Gasteiger charge is -2.45. The second kappa shape index (κ2) is 4.90. The maximum absolute atomic E-state index is 12.0. The molecule has 2 rings (SSSR count). The van der Waals surface area contributed by atoms with Crippen LogP contribution in [0.1, 0.15) is 39.0 Å². The van der Waals surface area contributed by atoms with Crippen LogP contribution in [0.3, 0.4) is 0 Å². The van der Waals surface area contributed by atoms with E-state index in [1.165, 1.54) is 7.11 Å². The van der Waals surface area contributed by atoms with Gasteiger partial charge in [0.2, 0.25) is 5.54 Å². The number of carbonyl (C=O) groups excluding carboxylic acids is 2. The van der Waals surface area contributed by atoms with Crippen molar-refractivity contribution < 1.29 is 19.2 Å². The van der Waals surface area contributed by atoms with E-state index in [-0.39, 0.29) is 23.0 Å². The van der Waals surface area contributed by atoms with Crippen molar-refractivity contribution in [3.8, 4) is 0 Å². The number of methoxy groups -OCH3 is 1. The Balaban J connectivity index is 2.50. The molecule has 2 aliphatic rings. The van der Waals surface area contributed by atoms with Gasteiger partial charge in [-0.1, -0.05) is 13.3 Å². The topological polar surface area (TPSA) is 86.5 Å². The van der Waals surface area contributed by atoms with Crippen molar-refractivity contribution >= 4 is 11.8 Å². The number of fused-ring (bicyclic) bond motifs is 1. The molecule has 0 amide bonds. The highest BCUT2D eigenvalue weighted by molar-refractivity contribution is 5.89. The number of ketones is 1. The van der Waals surface area contributed by atoms with Crippen LogP contribution in [0.25, 0.3) is 0 Å². The summed E-state index contributed by atoms with van der Waals surface area (Å²) in [6.07, 6.45) is 2.84. The van der Waals surface area contributed by atoms with Crippen molar-refractivity contribution in [1.29, 1.82) is 0 Å².